The van der Waals surface area contributed by atoms with Crippen LogP contribution in [0.1, 0.15) is 55.6 Å². The predicted molar refractivity (Wildman–Crippen MR) is 124 cm³/mol. The van der Waals surface area contributed by atoms with Gasteiger partial charge in [0.2, 0.25) is 11.8 Å². The van der Waals surface area contributed by atoms with E-state index in [1.807, 2.05) is 24.3 Å². The summed E-state index contributed by atoms with van der Waals surface area (Å²) in [7, 11) is 0. The second kappa shape index (κ2) is 8.89. The minimum Gasteiger partial charge on any atom is -0.449 e. The summed E-state index contributed by atoms with van der Waals surface area (Å²) in [6.45, 7) is 0.749. The van der Waals surface area contributed by atoms with Gasteiger partial charge in [-0.05, 0) is 60.8 Å². The molecule has 5 rings (SSSR count). The fourth-order valence-corrected chi connectivity index (χ4v) is 5.14. The zero-order chi connectivity index (χ0) is 22.8. The maximum Gasteiger partial charge on any atom is 0.407 e. The molecule has 2 aromatic carbocycles. The highest BCUT2D eigenvalue weighted by molar-refractivity contribution is 6.00. The molecule has 0 bridgehead atoms. The van der Waals surface area contributed by atoms with Gasteiger partial charge < -0.3 is 20.7 Å². The van der Waals surface area contributed by atoms with E-state index < -0.39 is 17.7 Å². The molecule has 1 heterocycles. The van der Waals surface area contributed by atoms with E-state index in [2.05, 4.69) is 40.2 Å². The fraction of sp³-hybridized carbons (Fsp3) is 0.423. The Hall–Kier alpha value is -3.35. The van der Waals surface area contributed by atoms with Gasteiger partial charge >= 0.3 is 6.09 Å². The molecule has 0 unspecified atom stereocenters. The number of piperazine rings is 1. The molecule has 0 aromatic heterocycles. The van der Waals surface area contributed by atoms with Crippen LogP contribution in [-0.4, -0.2) is 42.6 Å². The van der Waals surface area contributed by atoms with Gasteiger partial charge in [0.05, 0.1) is 0 Å². The molecule has 1 saturated heterocycles. The number of fused-ring (bicyclic) bond motifs is 3. The number of hydrogen-bond acceptors (Lipinski definition) is 4. The summed E-state index contributed by atoms with van der Waals surface area (Å²) >= 11 is 0. The number of unbranched alkanes of at least 4 members (excludes halogenated alkanes) is 1. The Labute approximate surface area is 193 Å². The fourth-order valence-electron chi connectivity index (χ4n) is 5.14. The molecule has 3 N–H and O–H groups in total. The second-order valence-corrected chi connectivity index (χ2v) is 9.20. The Morgan fingerprint density at radius 3 is 2.30 bits per heavy atom. The highest BCUT2D eigenvalue weighted by Crippen LogP contribution is 2.44. The highest BCUT2D eigenvalue weighted by atomic mass is 16.5. The molecule has 0 radical (unpaired) electrons. The van der Waals surface area contributed by atoms with Gasteiger partial charge in [-0.2, -0.15) is 0 Å². The molecule has 33 heavy (non-hydrogen) atoms. The Kier molecular flexibility index (Phi) is 5.79. The number of hydrogen-bond donors (Lipinski definition) is 3. The SMILES string of the molecule is O=C(NCCCC[C@@H]1NC(=O)C2(CCC2)NC1=O)OCC1c2ccccc2-c2ccccc21. The number of nitrogens with one attached hydrogen (secondary N) is 3. The van der Waals surface area contributed by atoms with Crippen LogP contribution in [0.5, 0.6) is 0 Å². The Morgan fingerprint density at radius 1 is 1.00 bits per heavy atom. The molecule has 1 saturated carbocycles. The third-order valence-electron chi connectivity index (χ3n) is 7.16. The number of rotatable bonds is 7. The van der Waals surface area contributed by atoms with Crippen molar-refractivity contribution in [1.82, 2.24) is 16.0 Å². The minimum absolute atomic E-state index is 0.0375. The maximum absolute atomic E-state index is 12.3. The van der Waals surface area contributed by atoms with Gasteiger partial charge in [0.1, 0.15) is 18.2 Å². The molecule has 2 aromatic rings. The zero-order valence-corrected chi connectivity index (χ0v) is 18.6. The maximum atomic E-state index is 12.3. The van der Waals surface area contributed by atoms with Crippen molar-refractivity contribution >= 4 is 17.9 Å². The molecule has 1 spiro atoms. The van der Waals surface area contributed by atoms with Crippen molar-refractivity contribution in [3.05, 3.63) is 59.7 Å². The van der Waals surface area contributed by atoms with Crippen LogP contribution in [0, 0.1) is 0 Å². The lowest BCUT2D eigenvalue weighted by Gasteiger charge is -2.45. The summed E-state index contributed by atoms with van der Waals surface area (Å²) in [5.41, 5.74) is 4.11. The standard InChI is InChI=1S/C26H29N3O4/c30-23-22(28-24(31)26(29-23)13-7-14-26)12-5-6-15-27-25(32)33-16-21-19-10-3-1-8-17(19)18-9-2-4-11-20(18)21/h1-4,8-11,21-22H,5-7,12-16H2,(H,27,32)(H,28,31)(H,29,30)/t22-/m0/s1. The van der Waals surface area contributed by atoms with Crippen LogP contribution in [0.2, 0.25) is 0 Å². The van der Waals surface area contributed by atoms with E-state index in [4.69, 9.17) is 4.74 Å². The summed E-state index contributed by atoms with van der Waals surface area (Å²) in [6, 6.07) is 16.0. The van der Waals surface area contributed by atoms with Crippen LogP contribution >= 0.6 is 0 Å². The van der Waals surface area contributed by atoms with Crippen molar-refractivity contribution in [2.75, 3.05) is 13.2 Å². The lowest BCUT2D eigenvalue weighted by Crippen LogP contribution is -2.71. The number of carbonyl (C=O) groups is 3. The lowest BCUT2D eigenvalue weighted by atomic mass is 9.74. The average molecular weight is 448 g/mol. The molecule has 3 aliphatic rings. The quantitative estimate of drug-likeness (QED) is 0.568. The van der Waals surface area contributed by atoms with Gasteiger partial charge in [-0.25, -0.2) is 4.79 Å². The molecular weight excluding hydrogens is 418 g/mol. The van der Waals surface area contributed by atoms with Gasteiger partial charge in [0, 0.05) is 12.5 Å². The monoisotopic (exact) mass is 447 g/mol. The number of ether oxygens (including phenoxy) is 1. The van der Waals surface area contributed by atoms with Crippen molar-refractivity contribution in [2.24, 2.45) is 0 Å². The molecule has 3 amide bonds. The molecule has 7 nitrogen and oxygen atoms in total. The van der Waals surface area contributed by atoms with Crippen molar-refractivity contribution in [1.29, 1.82) is 0 Å². The molecule has 2 aliphatic carbocycles. The van der Waals surface area contributed by atoms with E-state index in [0.717, 1.165) is 25.7 Å². The molecule has 1 atom stereocenters. The van der Waals surface area contributed by atoms with Crippen LogP contribution in [0.4, 0.5) is 4.79 Å². The second-order valence-electron chi connectivity index (χ2n) is 9.20. The first kappa shape index (κ1) is 21.5. The average Bonchev–Trinajstić information content (AvgIpc) is 3.12. The minimum atomic E-state index is -0.654. The first-order valence-electron chi connectivity index (χ1n) is 11.8. The summed E-state index contributed by atoms with van der Waals surface area (Å²) < 4.78 is 5.54. The van der Waals surface area contributed by atoms with Gasteiger partial charge in [0.25, 0.3) is 0 Å². The van der Waals surface area contributed by atoms with Crippen LogP contribution in [0.15, 0.2) is 48.5 Å². The van der Waals surface area contributed by atoms with E-state index in [1.165, 1.54) is 22.3 Å². The van der Waals surface area contributed by atoms with Gasteiger partial charge in [-0.1, -0.05) is 48.5 Å². The van der Waals surface area contributed by atoms with E-state index >= 15 is 0 Å². The van der Waals surface area contributed by atoms with Crippen molar-refractivity contribution < 1.29 is 19.1 Å². The first-order chi connectivity index (χ1) is 16.1. The first-order valence-corrected chi connectivity index (χ1v) is 11.8. The van der Waals surface area contributed by atoms with Crippen LogP contribution in [-0.2, 0) is 14.3 Å². The third kappa shape index (κ3) is 4.08. The molecule has 1 aliphatic heterocycles. The normalized spacial score (nSPS) is 20.3. The zero-order valence-electron chi connectivity index (χ0n) is 18.6. The summed E-state index contributed by atoms with van der Waals surface area (Å²) in [5, 5.41) is 8.56. The van der Waals surface area contributed by atoms with Crippen LogP contribution in [0.3, 0.4) is 0 Å². The number of alkyl carbamates (subject to hydrolysis) is 1. The van der Waals surface area contributed by atoms with Crippen molar-refractivity contribution in [3.8, 4) is 11.1 Å². The Morgan fingerprint density at radius 2 is 1.67 bits per heavy atom. The Balaban J connectivity index is 1.04. The third-order valence-corrected chi connectivity index (χ3v) is 7.16. The van der Waals surface area contributed by atoms with E-state index in [0.29, 0.717) is 19.4 Å². The molecular formula is C26H29N3O4. The molecule has 172 valence electrons. The predicted octanol–water partition coefficient (Wildman–Crippen LogP) is 3.23. The summed E-state index contributed by atoms with van der Waals surface area (Å²) in [4.78, 5) is 36.8. The Bertz CT molecular complexity index is 1030. The molecule has 2 fully saturated rings. The summed E-state index contributed by atoms with van der Waals surface area (Å²) in [6.07, 6.45) is 3.96. The van der Waals surface area contributed by atoms with Crippen LogP contribution in [0.25, 0.3) is 11.1 Å². The summed E-state index contributed by atoms with van der Waals surface area (Å²) in [5.74, 6) is -0.121. The number of amides is 3. The van der Waals surface area contributed by atoms with Crippen LogP contribution < -0.4 is 16.0 Å². The van der Waals surface area contributed by atoms with Crippen molar-refractivity contribution in [2.45, 2.75) is 56.0 Å². The van der Waals surface area contributed by atoms with E-state index in [9.17, 15) is 14.4 Å². The lowest BCUT2D eigenvalue weighted by molar-refractivity contribution is -0.145. The van der Waals surface area contributed by atoms with E-state index in [1.54, 1.807) is 0 Å². The van der Waals surface area contributed by atoms with Gasteiger partial charge in [0.15, 0.2) is 0 Å². The smallest absolute Gasteiger partial charge is 0.407 e. The number of carbonyl (C=O) groups excluding carboxylic acids is 3. The topological polar surface area (TPSA) is 96.5 Å². The highest BCUT2D eigenvalue weighted by Gasteiger charge is 2.50. The van der Waals surface area contributed by atoms with E-state index in [-0.39, 0.29) is 24.3 Å². The van der Waals surface area contributed by atoms with Gasteiger partial charge in [-0.15, -0.1) is 0 Å². The molecule has 7 heteroatoms. The largest absolute Gasteiger partial charge is 0.449 e. The van der Waals surface area contributed by atoms with Crippen molar-refractivity contribution in [3.63, 3.8) is 0 Å². The van der Waals surface area contributed by atoms with Gasteiger partial charge in [-0.3, -0.25) is 9.59 Å². The number of benzene rings is 2.